The second-order valence-corrected chi connectivity index (χ2v) is 4.81. The molecule has 2 aromatic heterocycles. The quantitative estimate of drug-likeness (QED) is 0.653. The minimum absolute atomic E-state index is 0.168. The molecule has 110 valence electrons. The molecule has 0 fully saturated rings. The van der Waals surface area contributed by atoms with E-state index in [4.69, 9.17) is 0 Å². The maximum atomic E-state index is 11.8. The van der Waals surface area contributed by atoms with Gasteiger partial charge in [0, 0.05) is 26.2 Å². The van der Waals surface area contributed by atoms with E-state index in [-0.39, 0.29) is 5.56 Å². The zero-order chi connectivity index (χ0) is 14.5. The number of nitrogens with zero attached hydrogens (tertiary/aromatic N) is 3. The van der Waals surface area contributed by atoms with Gasteiger partial charge < -0.3 is 10.6 Å². The van der Waals surface area contributed by atoms with Crippen molar-refractivity contribution < 1.29 is 0 Å². The molecule has 2 aromatic rings. The summed E-state index contributed by atoms with van der Waals surface area (Å²) in [7, 11) is 1.77. The average Bonchev–Trinajstić information content (AvgIpc) is 2.81. The summed E-state index contributed by atoms with van der Waals surface area (Å²) in [6, 6.07) is 0.545. The Labute approximate surface area is 117 Å². The number of nitrogens with one attached hydrogen (secondary N) is 3. The lowest BCUT2D eigenvalue weighted by Crippen LogP contribution is -2.32. The number of anilines is 1. The maximum absolute atomic E-state index is 11.8. The lowest BCUT2D eigenvalue weighted by atomic mass is 10.2. The van der Waals surface area contributed by atoms with E-state index in [0.29, 0.717) is 29.6 Å². The molecule has 0 radical (unpaired) electrons. The standard InChI is InChI=1S/C13H22N6O/c1-4-9(5-2)14-6-7-15-13-17-11-10(12(20)18-13)8-16-19(11)3/h8-9,14H,4-7H2,1-3H3,(H2,15,17,18,20). The van der Waals surface area contributed by atoms with Gasteiger partial charge in [-0.15, -0.1) is 0 Å². The second-order valence-electron chi connectivity index (χ2n) is 4.81. The minimum Gasteiger partial charge on any atom is -0.354 e. The number of H-pyrrole nitrogens is 1. The van der Waals surface area contributed by atoms with E-state index in [9.17, 15) is 4.79 Å². The number of aromatic nitrogens is 4. The van der Waals surface area contributed by atoms with Crippen molar-refractivity contribution >= 4 is 17.0 Å². The van der Waals surface area contributed by atoms with E-state index in [1.807, 2.05) is 0 Å². The van der Waals surface area contributed by atoms with Crippen molar-refractivity contribution in [2.75, 3.05) is 18.4 Å². The van der Waals surface area contributed by atoms with E-state index in [1.165, 1.54) is 6.20 Å². The summed E-state index contributed by atoms with van der Waals surface area (Å²) in [5.74, 6) is 0.484. The molecule has 0 amide bonds. The summed E-state index contributed by atoms with van der Waals surface area (Å²) in [4.78, 5) is 18.9. The molecule has 0 spiro atoms. The summed E-state index contributed by atoms with van der Waals surface area (Å²) in [6.45, 7) is 5.89. The average molecular weight is 278 g/mol. The fourth-order valence-corrected chi connectivity index (χ4v) is 2.15. The van der Waals surface area contributed by atoms with Crippen LogP contribution in [0.2, 0.25) is 0 Å². The highest BCUT2D eigenvalue weighted by Gasteiger charge is 2.07. The third-order valence-electron chi connectivity index (χ3n) is 3.44. The first-order valence-electron chi connectivity index (χ1n) is 7.05. The molecule has 20 heavy (non-hydrogen) atoms. The maximum Gasteiger partial charge on any atom is 0.263 e. The first kappa shape index (κ1) is 14.5. The molecule has 0 aliphatic rings. The molecule has 0 unspecified atom stereocenters. The molecule has 2 heterocycles. The summed E-state index contributed by atoms with van der Waals surface area (Å²) in [5, 5.41) is 11.1. The molecular weight excluding hydrogens is 256 g/mol. The van der Waals surface area contributed by atoms with E-state index >= 15 is 0 Å². The molecule has 0 aliphatic heterocycles. The fraction of sp³-hybridized carbons (Fsp3) is 0.615. The van der Waals surface area contributed by atoms with Gasteiger partial charge in [-0.2, -0.15) is 10.1 Å². The zero-order valence-electron chi connectivity index (χ0n) is 12.2. The van der Waals surface area contributed by atoms with Gasteiger partial charge in [0.2, 0.25) is 5.95 Å². The topological polar surface area (TPSA) is 87.6 Å². The highest BCUT2D eigenvalue weighted by Crippen LogP contribution is 2.06. The van der Waals surface area contributed by atoms with E-state index in [1.54, 1.807) is 11.7 Å². The fourth-order valence-electron chi connectivity index (χ4n) is 2.15. The van der Waals surface area contributed by atoms with Crippen LogP contribution in [-0.4, -0.2) is 38.9 Å². The molecule has 0 aliphatic carbocycles. The van der Waals surface area contributed by atoms with Crippen molar-refractivity contribution in [2.45, 2.75) is 32.7 Å². The highest BCUT2D eigenvalue weighted by molar-refractivity contribution is 5.74. The number of aromatic amines is 1. The Bertz CT molecular complexity index is 613. The molecule has 3 N–H and O–H groups in total. The van der Waals surface area contributed by atoms with Gasteiger partial charge >= 0.3 is 0 Å². The molecule has 2 rings (SSSR count). The molecule has 0 atom stereocenters. The number of hydrogen-bond donors (Lipinski definition) is 3. The Kier molecular flexibility index (Phi) is 4.73. The predicted molar refractivity (Wildman–Crippen MR) is 80.0 cm³/mol. The van der Waals surface area contributed by atoms with Gasteiger partial charge in [-0.05, 0) is 12.8 Å². The van der Waals surface area contributed by atoms with Crippen LogP contribution in [0.1, 0.15) is 26.7 Å². The lowest BCUT2D eigenvalue weighted by Gasteiger charge is -2.14. The van der Waals surface area contributed by atoms with Crippen LogP contribution in [0.15, 0.2) is 11.0 Å². The van der Waals surface area contributed by atoms with Gasteiger partial charge in [0.05, 0.1) is 6.20 Å². The molecule has 7 nitrogen and oxygen atoms in total. The Morgan fingerprint density at radius 2 is 2.10 bits per heavy atom. The minimum atomic E-state index is -0.168. The van der Waals surface area contributed by atoms with Crippen molar-refractivity contribution in [2.24, 2.45) is 7.05 Å². The smallest absolute Gasteiger partial charge is 0.263 e. The summed E-state index contributed by atoms with van der Waals surface area (Å²) in [5.41, 5.74) is 0.419. The van der Waals surface area contributed by atoms with Crippen LogP contribution in [0.5, 0.6) is 0 Å². The predicted octanol–water partition coefficient (Wildman–Crippen LogP) is 0.847. The van der Waals surface area contributed by atoms with Crippen LogP contribution < -0.4 is 16.2 Å². The molecule has 0 saturated heterocycles. The number of aryl methyl sites for hydroxylation is 1. The number of fused-ring (bicyclic) bond motifs is 1. The van der Waals surface area contributed by atoms with Crippen LogP contribution in [0.4, 0.5) is 5.95 Å². The summed E-state index contributed by atoms with van der Waals surface area (Å²) >= 11 is 0. The third kappa shape index (κ3) is 3.16. The molecule has 7 heteroatoms. The van der Waals surface area contributed by atoms with Crippen LogP contribution in [0.3, 0.4) is 0 Å². The van der Waals surface area contributed by atoms with Crippen molar-refractivity contribution in [3.05, 3.63) is 16.6 Å². The van der Waals surface area contributed by atoms with Crippen molar-refractivity contribution in [1.29, 1.82) is 0 Å². The van der Waals surface area contributed by atoms with Crippen molar-refractivity contribution in [3.8, 4) is 0 Å². The molecule has 0 aromatic carbocycles. The number of hydrogen-bond acceptors (Lipinski definition) is 5. The molecular formula is C13H22N6O. The first-order valence-corrected chi connectivity index (χ1v) is 7.05. The van der Waals surface area contributed by atoms with Crippen molar-refractivity contribution in [1.82, 2.24) is 25.1 Å². The van der Waals surface area contributed by atoms with Crippen LogP contribution in [0.25, 0.3) is 11.0 Å². The van der Waals surface area contributed by atoms with E-state index < -0.39 is 0 Å². The third-order valence-corrected chi connectivity index (χ3v) is 3.44. The lowest BCUT2D eigenvalue weighted by molar-refractivity contribution is 0.494. The van der Waals surface area contributed by atoms with Gasteiger partial charge in [-0.3, -0.25) is 14.5 Å². The van der Waals surface area contributed by atoms with Gasteiger partial charge in [0.15, 0.2) is 5.65 Å². The largest absolute Gasteiger partial charge is 0.354 e. The van der Waals surface area contributed by atoms with Crippen molar-refractivity contribution in [3.63, 3.8) is 0 Å². The van der Waals surface area contributed by atoms with Gasteiger partial charge in [-0.1, -0.05) is 13.8 Å². The Morgan fingerprint density at radius 3 is 2.80 bits per heavy atom. The van der Waals surface area contributed by atoms with Crippen LogP contribution in [-0.2, 0) is 7.05 Å². The number of rotatable bonds is 7. The first-order chi connectivity index (χ1) is 9.65. The Balaban J connectivity index is 1.97. The normalized spacial score (nSPS) is 11.4. The molecule has 0 saturated carbocycles. The summed E-state index contributed by atoms with van der Waals surface area (Å²) < 4.78 is 1.60. The van der Waals surface area contributed by atoms with E-state index in [0.717, 1.165) is 19.4 Å². The second kappa shape index (κ2) is 6.51. The zero-order valence-corrected chi connectivity index (χ0v) is 12.2. The monoisotopic (exact) mass is 278 g/mol. The Hall–Kier alpha value is -1.89. The molecule has 0 bridgehead atoms. The highest BCUT2D eigenvalue weighted by atomic mass is 16.1. The van der Waals surface area contributed by atoms with Crippen LogP contribution in [0, 0.1) is 0 Å². The Morgan fingerprint density at radius 1 is 1.35 bits per heavy atom. The van der Waals surface area contributed by atoms with Gasteiger partial charge in [0.1, 0.15) is 5.39 Å². The van der Waals surface area contributed by atoms with Gasteiger partial charge in [-0.25, -0.2) is 0 Å². The summed E-state index contributed by atoms with van der Waals surface area (Å²) in [6.07, 6.45) is 3.76. The van der Waals surface area contributed by atoms with Gasteiger partial charge in [0.25, 0.3) is 5.56 Å². The SMILES string of the molecule is CCC(CC)NCCNc1nc2c(cnn2C)c(=O)[nH]1. The van der Waals surface area contributed by atoms with E-state index in [2.05, 4.69) is 39.5 Å². The van der Waals surface area contributed by atoms with Crippen LogP contribution >= 0.6 is 0 Å².